The van der Waals surface area contributed by atoms with Crippen molar-refractivity contribution in [1.29, 1.82) is 0 Å². The number of nitrogens with one attached hydrogen (secondary N) is 1. The predicted octanol–water partition coefficient (Wildman–Crippen LogP) is 2.39. The largest absolute Gasteiger partial charge is 0.399 e. The van der Waals surface area contributed by atoms with Crippen LogP contribution in [-0.4, -0.2) is 14.8 Å². The molecule has 1 heterocycles. The van der Waals surface area contributed by atoms with Crippen molar-refractivity contribution in [1.82, 2.24) is 14.8 Å². The quantitative estimate of drug-likeness (QED) is 0.729. The average Bonchev–Trinajstić information content (AvgIpc) is 2.82. The molecular formula is C15H13ClN4O. The van der Waals surface area contributed by atoms with E-state index in [1.165, 1.54) is 4.57 Å². The highest BCUT2D eigenvalue weighted by Crippen LogP contribution is 2.16. The standard InChI is InChI=1S/C15H13ClN4O/c16-11-2-1-3-13(9-11)20-14(18-19-15(20)21)8-10-4-6-12(17)7-5-10/h1-7,9H,8,17H2,(H,19,21). The Morgan fingerprint density at radius 3 is 2.67 bits per heavy atom. The molecule has 6 heteroatoms. The van der Waals surface area contributed by atoms with Gasteiger partial charge in [-0.25, -0.2) is 14.5 Å². The number of hydrogen-bond acceptors (Lipinski definition) is 3. The van der Waals surface area contributed by atoms with Crippen molar-refractivity contribution in [3.8, 4) is 5.69 Å². The molecule has 0 unspecified atom stereocenters. The summed E-state index contributed by atoms with van der Waals surface area (Å²) in [5.41, 5.74) is 7.79. The molecule has 2 aromatic carbocycles. The topological polar surface area (TPSA) is 76.7 Å². The van der Waals surface area contributed by atoms with Gasteiger partial charge in [0.15, 0.2) is 0 Å². The van der Waals surface area contributed by atoms with Crippen LogP contribution < -0.4 is 11.4 Å². The van der Waals surface area contributed by atoms with Gasteiger partial charge in [-0.3, -0.25) is 0 Å². The van der Waals surface area contributed by atoms with E-state index >= 15 is 0 Å². The highest BCUT2D eigenvalue weighted by molar-refractivity contribution is 6.30. The van der Waals surface area contributed by atoms with Gasteiger partial charge in [0.2, 0.25) is 0 Å². The van der Waals surface area contributed by atoms with E-state index < -0.39 is 0 Å². The van der Waals surface area contributed by atoms with Crippen molar-refractivity contribution >= 4 is 17.3 Å². The van der Waals surface area contributed by atoms with Crippen molar-refractivity contribution in [2.45, 2.75) is 6.42 Å². The molecular weight excluding hydrogens is 288 g/mol. The van der Waals surface area contributed by atoms with Crippen LogP contribution in [0.4, 0.5) is 5.69 Å². The lowest BCUT2D eigenvalue weighted by atomic mass is 10.1. The summed E-state index contributed by atoms with van der Waals surface area (Å²) in [6.07, 6.45) is 0.519. The molecule has 0 saturated heterocycles. The summed E-state index contributed by atoms with van der Waals surface area (Å²) in [4.78, 5) is 12.0. The van der Waals surface area contributed by atoms with Gasteiger partial charge in [0.25, 0.3) is 0 Å². The minimum absolute atomic E-state index is 0.289. The number of H-pyrrole nitrogens is 1. The van der Waals surface area contributed by atoms with Gasteiger partial charge in [-0.1, -0.05) is 29.8 Å². The van der Waals surface area contributed by atoms with Crippen molar-refractivity contribution < 1.29 is 0 Å². The zero-order valence-electron chi connectivity index (χ0n) is 11.1. The molecule has 0 aliphatic heterocycles. The minimum atomic E-state index is -0.289. The maximum Gasteiger partial charge on any atom is 0.347 e. The Bertz CT molecular complexity index is 820. The second-order valence-electron chi connectivity index (χ2n) is 4.68. The number of aromatic nitrogens is 3. The fourth-order valence-electron chi connectivity index (χ4n) is 2.15. The van der Waals surface area contributed by atoms with Crippen LogP contribution in [0.2, 0.25) is 5.02 Å². The molecule has 0 amide bonds. The summed E-state index contributed by atoms with van der Waals surface area (Å²) < 4.78 is 1.52. The van der Waals surface area contributed by atoms with Crippen molar-refractivity contribution in [2.75, 3.05) is 5.73 Å². The molecule has 0 atom stereocenters. The van der Waals surface area contributed by atoms with Gasteiger partial charge in [-0.2, -0.15) is 5.10 Å². The Morgan fingerprint density at radius 2 is 1.95 bits per heavy atom. The summed E-state index contributed by atoms with van der Waals surface area (Å²) >= 11 is 5.98. The number of aromatic amines is 1. The summed E-state index contributed by atoms with van der Waals surface area (Å²) in [7, 11) is 0. The molecule has 3 rings (SSSR count). The molecule has 0 aliphatic carbocycles. The zero-order chi connectivity index (χ0) is 14.8. The molecule has 0 radical (unpaired) electrons. The SMILES string of the molecule is Nc1ccc(Cc2n[nH]c(=O)n2-c2cccc(Cl)c2)cc1. The molecule has 106 valence electrons. The third-order valence-electron chi connectivity index (χ3n) is 3.15. The molecule has 0 fully saturated rings. The maximum atomic E-state index is 12.0. The van der Waals surface area contributed by atoms with Crippen molar-refractivity contribution in [3.05, 3.63) is 75.4 Å². The molecule has 21 heavy (non-hydrogen) atoms. The smallest absolute Gasteiger partial charge is 0.347 e. The fourth-order valence-corrected chi connectivity index (χ4v) is 2.33. The van der Waals surface area contributed by atoms with Gasteiger partial charge >= 0.3 is 5.69 Å². The van der Waals surface area contributed by atoms with Gasteiger partial charge in [0.05, 0.1) is 5.69 Å². The van der Waals surface area contributed by atoms with Crippen LogP contribution >= 0.6 is 11.6 Å². The Kier molecular flexibility index (Phi) is 3.50. The molecule has 0 aliphatic rings. The van der Waals surface area contributed by atoms with E-state index in [0.717, 1.165) is 5.56 Å². The lowest BCUT2D eigenvalue weighted by Crippen LogP contribution is -2.17. The number of hydrogen-bond donors (Lipinski definition) is 2. The molecule has 5 nitrogen and oxygen atoms in total. The first-order chi connectivity index (χ1) is 10.1. The van der Waals surface area contributed by atoms with E-state index in [1.807, 2.05) is 30.3 Å². The number of anilines is 1. The number of benzene rings is 2. The van der Waals surface area contributed by atoms with Gasteiger partial charge in [0.1, 0.15) is 5.82 Å². The lowest BCUT2D eigenvalue weighted by Gasteiger charge is -2.06. The van der Waals surface area contributed by atoms with E-state index in [9.17, 15) is 4.79 Å². The van der Waals surface area contributed by atoms with E-state index in [2.05, 4.69) is 10.2 Å². The zero-order valence-corrected chi connectivity index (χ0v) is 11.8. The Morgan fingerprint density at radius 1 is 1.19 bits per heavy atom. The van der Waals surface area contributed by atoms with Crippen LogP contribution in [0.15, 0.2) is 53.3 Å². The average molecular weight is 301 g/mol. The fraction of sp³-hybridized carbons (Fsp3) is 0.0667. The summed E-state index contributed by atoms with van der Waals surface area (Å²) in [6, 6.07) is 14.6. The Balaban J connectivity index is 2.01. The van der Waals surface area contributed by atoms with Crippen LogP contribution in [0.3, 0.4) is 0 Å². The third kappa shape index (κ3) is 2.83. The van der Waals surface area contributed by atoms with Crippen LogP contribution in [0, 0.1) is 0 Å². The maximum absolute atomic E-state index is 12.0. The molecule has 0 spiro atoms. The van der Waals surface area contributed by atoms with Gasteiger partial charge in [0, 0.05) is 17.1 Å². The first-order valence-electron chi connectivity index (χ1n) is 6.40. The first kappa shape index (κ1) is 13.5. The molecule has 1 aromatic heterocycles. The number of nitrogens with two attached hydrogens (primary N) is 1. The Hall–Kier alpha value is -2.53. The van der Waals surface area contributed by atoms with Crippen molar-refractivity contribution in [2.24, 2.45) is 0 Å². The first-order valence-corrected chi connectivity index (χ1v) is 6.78. The van der Waals surface area contributed by atoms with Crippen molar-refractivity contribution in [3.63, 3.8) is 0 Å². The molecule has 3 N–H and O–H groups in total. The van der Waals surface area contributed by atoms with E-state index in [1.54, 1.807) is 18.2 Å². The highest BCUT2D eigenvalue weighted by Gasteiger charge is 2.11. The second-order valence-corrected chi connectivity index (χ2v) is 5.12. The second kappa shape index (κ2) is 5.46. The van der Waals surface area contributed by atoms with Crippen LogP contribution in [0.25, 0.3) is 5.69 Å². The normalized spacial score (nSPS) is 10.7. The van der Waals surface area contributed by atoms with E-state index in [4.69, 9.17) is 17.3 Å². The number of nitrogen functional groups attached to an aromatic ring is 1. The van der Waals surface area contributed by atoms with Crippen LogP contribution in [0.1, 0.15) is 11.4 Å². The minimum Gasteiger partial charge on any atom is -0.399 e. The Labute approximate surface area is 126 Å². The highest BCUT2D eigenvalue weighted by atomic mass is 35.5. The molecule has 3 aromatic rings. The molecule has 0 bridgehead atoms. The van der Waals surface area contributed by atoms with Crippen LogP contribution in [-0.2, 0) is 6.42 Å². The van der Waals surface area contributed by atoms with E-state index in [-0.39, 0.29) is 5.69 Å². The van der Waals surface area contributed by atoms with Gasteiger partial charge < -0.3 is 5.73 Å². The summed E-state index contributed by atoms with van der Waals surface area (Å²) in [5.74, 6) is 0.618. The lowest BCUT2D eigenvalue weighted by molar-refractivity contribution is 0.893. The third-order valence-corrected chi connectivity index (χ3v) is 3.39. The number of rotatable bonds is 3. The van der Waals surface area contributed by atoms with Gasteiger partial charge in [-0.05, 0) is 35.9 Å². The van der Waals surface area contributed by atoms with E-state index in [0.29, 0.717) is 28.6 Å². The molecule has 0 saturated carbocycles. The number of halogens is 1. The van der Waals surface area contributed by atoms with Gasteiger partial charge in [-0.15, -0.1) is 0 Å². The monoisotopic (exact) mass is 300 g/mol. The van der Waals surface area contributed by atoms with Crippen LogP contribution in [0.5, 0.6) is 0 Å². The predicted molar refractivity (Wildman–Crippen MR) is 82.9 cm³/mol. The number of nitrogens with zero attached hydrogens (tertiary/aromatic N) is 2. The summed E-state index contributed by atoms with van der Waals surface area (Å²) in [5, 5.41) is 7.14. The summed E-state index contributed by atoms with van der Waals surface area (Å²) in [6.45, 7) is 0.